The fourth-order valence-electron chi connectivity index (χ4n) is 3.45. The lowest BCUT2D eigenvalue weighted by Crippen LogP contribution is -2.39. The number of hydrogen-bond donors (Lipinski definition) is 2. The maximum absolute atomic E-state index is 12.3. The van der Waals surface area contributed by atoms with E-state index in [0.29, 0.717) is 24.4 Å². The van der Waals surface area contributed by atoms with Crippen LogP contribution in [0, 0.1) is 0 Å². The molecule has 1 aliphatic carbocycles. The van der Waals surface area contributed by atoms with Crippen LogP contribution in [0.4, 0.5) is 5.69 Å². The van der Waals surface area contributed by atoms with Gasteiger partial charge in [0.1, 0.15) is 0 Å². The second-order valence-electron chi connectivity index (χ2n) is 7.38. The maximum atomic E-state index is 12.3. The Morgan fingerprint density at radius 2 is 1.61 bits per heavy atom. The molecule has 2 rings (SSSR count). The second-order valence-corrected chi connectivity index (χ2v) is 7.38. The number of carbonyl (C=O) groups is 1. The Bertz CT molecular complexity index is 490. The van der Waals surface area contributed by atoms with Crippen LogP contribution in [0.5, 0.6) is 0 Å². The number of hydrogen-bond acceptors (Lipinski definition) is 2. The largest absolute Gasteiger partial charge is 0.376 e. The van der Waals surface area contributed by atoms with Crippen molar-refractivity contribution in [1.82, 2.24) is 5.32 Å². The number of para-hydroxylation sites is 1. The van der Waals surface area contributed by atoms with Gasteiger partial charge in [-0.1, -0.05) is 65.2 Å². The maximum Gasteiger partial charge on any atom is 0.239 e. The van der Waals surface area contributed by atoms with E-state index in [1.54, 1.807) is 0 Å². The first kappa shape index (κ1) is 17.8. The van der Waals surface area contributed by atoms with Gasteiger partial charge in [-0.15, -0.1) is 0 Å². The summed E-state index contributed by atoms with van der Waals surface area (Å²) >= 11 is 0. The minimum atomic E-state index is 0.116. The van der Waals surface area contributed by atoms with E-state index in [0.717, 1.165) is 18.5 Å². The zero-order valence-corrected chi connectivity index (χ0v) is 15.1. The third-order valence-corrected chi connectivity index (χ3v) is 4.77. The second kappa shape index (κ2) is 8.37. The predicted octanol–water partition coefficient (Wildman–Crippen LogP) is 4.79. The number of nitrogens with one attached hydrogen (secondary N) is 2. The van der Waals surface area contributed by atoms with Gasteiger partial charge in [0.2, 0.25) is 5.91 Å². The van der Waals surface area contributed by atoms with Crippen LogP contribution in [-0.2, 0) is 4.79 Å². The molecule has 23 heavy (non-hydrogen) atoms. The van der Waals surface area contributed by atoms with Gasteiger partial charge in [0.05, 0.1) is 6.54 Å². The van der Waals surface area contributed by atoms with Crippen LogP contribution in [0.2, 0.25) is 0 Å². The number of rotatable bonds is 6. The van der Waals surface area contributed by atoms with Crippen molar-refractivity contribution in [3.8, 4) is 0 Å². The van der Waals surface area contributed by atoms with Gasteiger partial charge in [-0.2, -0.15) is 0 Å². The van der Waals surface area contributed by atoms with Crippen LogP contribution in [0.15, 0.2) is 18.2 Å². The summed E-state index contributed by atoms with van der Waals surface area (Å²) in [4.78, 5) is 12.3. The zero-order valence-electron chi connectivity index (χ0n) is 15.1. The first-order chi connectivity index (χ1) is 11.0. The summed E-state index contributed by atoms with van der Waals surface area (Å²) in [5, 5.41) is 6.61. The summed E-state index contributed by atoms with van der Waals surface area (Å²) in [6.45, 7) is 9.17. The third kappa shape index (κ3) is 4.98. The number of carbonyl (C=O) groups excluding carboxylic acids is 1. The van der Waals surface area contributed by atoms with Crippen molar-refractivity contribution in [2.24, 2.45) is 0 Å². The summed E-state index contributed by atoms with van der Waals surface area (Å²) in [5.74, 6) is 1.00. The van der Waals surface area contributed by atoms with E-state index in [-0.39, 0.29) is 5.91 Å². The van der Waals surface area contributed by atoms with Gasteiger partial charge in [0.25, 0.3) is 0 Å². The standard InChI is InChI=1S/C20H32N2O/c1-14(2)17-11-8-12-18(15(3)4)20(17)21-13-19(23)22-16-9-6-5-7-10-16/h8,11-12,14-16,21H,5-7,9-10,13H2,1-4H3,(H,22,23). The van der Waals surface area contributed by atoms with Crippen LogP contribution in [0.25, 0.3) is 0 Å². The lowest BCUT2D eigenvalue weighted by atomic mass is 9.92. The molecule has 0 heterocycles. The summed E-state index contributed by atoms with van der Waals surface area (Å²) in [6.07, 6.45) is 6.05. The molecular weight excluding hydrogens is 284 g/mol. The van der Waals surface area contributed by atoms with Gasteiger partial charge in [-0.05, 0) is 35.8 Å². The van der Waals surface area contributed by atoms with Gasteiger partial charge < -0.3 is 10.6 Å². The molecule has 128 valence electrons. The van der Waals surface area contributed by atoms with E-state index in [4.69, 9.17) is 0 Å². The highest BCUT2D eigenvalue weighted by Crippen LogP contribution is 2.32. The number of amides is 1. The Kier molecular flexibility index (Phi) is 6.49. The molecule has 1 aromatic rings. The van der Waals surface area contributed by atoms with Crippen molar-refractivity contribution in [2.45, 2.75) is 77.7 Å². The average molecular weight is 316 g/mol. The molecule has 0 atom stereocenters. The van der Waals surface area contributed by atoms with Crippen molar-refractivity contribution in [3.05, 3.63) is 29.3 Å². The minimum Gasteiger partial charge on any atom is -0.376 e. The van der Waals surface area contributed by atoms with Crippen LogP contribution in [-0.4, -0.2) is 18.5 Å². The molecule has 1 aromatic carbocycles. The average Bonchev–Trinajstić information content (AvgIpc) is 2.53. The molecule has 0 spiro atoms. The molecule has 3 nitrogen and oxygen atoms in total. The smallest absolute Gasteiger partial charge is 0.239 e. The molecule has 0 aromatic heterocycles. The summed E-state index contributed by atoms with van der Waals surface area (Å²) < 4.78 is 0. The van der Waals surface area contributed by atoms with E-state index in [9.17, 15) is 4.79 Å². The highest BCUT2D eigenvalue weighted by atomic mass is 16.1. The van der Waals surface area contributed by atoms with Crippen LogP contribution < -0.4 is 10.6 Å². The van der Waals surface area contributed by atoms with Gasteiger partial charge in [0, 0.05) is 11.7 Å². The molecule has 0 radical (unpaired) electrons. The van der Waals surface area contributed by atoms with Gasteiger partial charge in [0.15, 0.2) is 0 Å². The summed E-state index contributed by atoms with van der Waals surface area (Å²) in [5.41, 5.74) is 3.74. The van der Waals surface area contributed by atoms with Crippen molar-refractivity contribution < 1.29 is 4.79 Å². The highest BCUT2D eigenvalue weighted by molar-refractivity contribution is 5.81. The van der Waals surface area contributed by atoms with Crippen LogP contribution in [0.3, 0.4) is 0 Å². The number of anilines is 1. The fraction of sp³-hybridized carbons (Fsp3) is 0.650. The molecule has 0 bridgehead atoms. The van der Waals surface area contributed by atoms with E-state index < -0.39 is 0 Å². The molecule has 3 heteroatoms. The van der Waals surface area contributed by atoms with E-state index >= 15 is 0 Å². The fourth-order valence-corrected chi connectivity index (χ4v) is 3.45. The summed E-state index contributed by atoms with van der Waals surface area (Å²) in [6, 6.07) is 6.83. The van der Waals surface area contributed by atoms with E-state index in [2.05, 4.69) is 56.5 Å². The molecule has 0 saturated heterocycles. The monoisotopic (exact) mass is 316 g/mol. The Morgan fingerprint density at radius 1 is 1.04 bits per heavy atom. The molecule has 0 unspecified atom stereocenters. The SMILES string of the molecule is CC(C)c1cccc(C(C)C)c1NCC(=O)NC1CCCCC1. The predicted molar refractivity (Wildman–Crippen MR) is 98.1 cm³/mol. The van der Waals surface area contributed by atoms with Crippen molar-refractivity contribution in [1.29, 1.82) is 0 Å². The van der Waals surface area contributed by atoms with Gasteiger partial charge in [-0.25, -0.2) is 0 Å². The van der Waals surface area contributed by atoms with Crippen molar-refractivity contribution in [2.75, 3.05) is 11.9 Å². The van der Waals surface area contributed by atoms with Gasteiger partial charge in [-0.3, -0.25) is 4.79 Å². The minimum absolute atomic E-state index is 0.116. The molecule has 2 N–H and O–H groups in total. The normalized spacial score (nSPS) is 15.9. The van der Waals surface area contributed by atoms with Crippen molar-refractivity contribution >= 4 is 11.6 Å². The molecule has 1 saturated carbocycles. The highest BCUT2D eigenvalue weighted by Gasteiger charge is 2.17. The quantitative estimate of drug-likeness (QED) is 0.792. The molecular formula is C20H32N2O. The Balaban J connectivity index is 2.02. The van der Waals surface area contributed by atoms with E-state index in [1.165, 1.54) is 30.4 Å². The first-order valence-corrected chi connectivity index (χ1v) is 9.15. The van der Waals surface area contributed by atoms with Crippen LogP contribution >= 0.6 is 0 Å². The Labute approximate surface area is 141 Å². The lowest BCUT2D eigenvalue weighted by Gasteiger charge is -2.24. The third-order valence-electron chi connectivity index (χ3n) is 4.77. The van der Waals surface area contributed by atoms with Gasteiger partial charge >= 0.3 is 0 Å². The Hall–Kier alpha value is -1.51. The topological polar surface area (TPSA) is 41.1 Å². The van der Waals surface area contributed by atoms with Crippen molar-refractivity contribution in [3.63, 3.8) is 0 Å². The molecule has 1 amide bonds. The molecule has 1 aliphatic rings. The lowest BCUT2D eigenvalue weighted by molar-refractivity contribution is -0.120. The molecule has 0 aliphatic heterocycles. The number of benzene rings is 1. The van der Waals surface area contributed by atoms with E-state index in [1.807, 2.05) is 0 Å². The zero-order chi connectivity index (χ0) is 16.8. The molecule has 1 fully saturated rings. The van der Waals surface area contributed by atoms with Crippen LogP contribution in [0.1, 0.15) is 82.8 Å². The summed E-state index contributed by atoms with van der Waals surface area (Å²) in [7, 11) is 0. The Morgan fingerprint density at radius 3 is 2.13 bits per heavy atom. The first-order valence-electron chi connectivity index (χ1n) is 9.15.